The Morgan fingerprint density at radius 3 is 2.14 bits per heavy atom. The number of benzene rings is 2. The fraction of sp³-hybridized carbons (Fsp3) is 0.348. The van der Waals surface area contributed by atoms with E-state index in [2.05, 4.69) is 0 Å². The lowest BCUT2D eigenvalue weighted by Gasteiger charge is -2.32. The Labute approximate surface area is 170 Å². The number of amides is 1. The molecule has 2 aromatic carbocycles. The summed E-state index contributed by atoms with van der Waals surface area (Å²) in [4.78, 5) is 36.7. The number of rotatable bonds is 7. The van der Waals surface area contributed by atoms with Crippen molar-refractivity contribution in [2.24, 2.45) is 5.92 Å². The zero-order valence-corrected chi connectivity index (χ0v) is 16.5. The first-order valence-corrected chi connectivity index (χ1v) is 9.82. The van der Waals surface area contributed by atoms with Crippen LogP contribution in [0.1, 0.15) is 53.3 Å². The molecule has 1 atom stereocenters. The number of ketones is 1. The van der Waals surface area contributed by atoms with Crippen LogP contribution in [0, 0.1) is 5.92 Å². The van der Waals surface area contributed by atoms with E-state index in [1.165, 1.54) is 6.92 Å². The SMILES string of the molecule is CC(=O)c1ccc(Oc2ccc(C(=O)N3CCCC(CCC(=O)O)C3)cc2)cc1. The molecule has 152 valence electrons. The first kappa shape index (κ1) is 20.6. The second-order valence-electron chi connectivity index (χ2n) is 7.40. The normalized spacial score (nSPS) is 16.3. The van der Waals surface area contributed by atoms with E-state index in [-0.39, 0.29) is 24.0 Å². The second kappa shape index (κ2) is 9.37. The number of carbonyl (C=O) groups is 3. The molecule has 0 spiro atoms. The molecule has 0 bridgehead atoms. The van der Waals surface area contributed by atoms with Gasteiger partial charge in [0.1, 0.15) is 11.5 Å². The number of Topliss-reactive ketones (excluding diaryl/α,β-unsaturated/α-hetero) is 1. The van der Waals surface area contributed by atoms with Crippen LogP contribution in [-0.4, -0.2) is 40.8 Å². The van der Waals surface area contributed by atoms with Crippen LogP contribution in [0.5, 0.6) is 11.5 Å². The highest BCUT2D eigenvalue weighted by atomic mass is 16.5. The molecule has 1 aliphatic heterocycles. The van der Waals surface area contributed by atoms with Gasteiger partial charge in [-0.1, -0.05) is 0 Å². The number of aliphatic carboxylic acids is 1. The summed E-state index contributed by atoms with van der Waals surface area (Å²) in [5, 5.41) is 8.86. The molecule has 1 heterocycles. The molecule has 6 heteroatoms. The summed E-state index contributed by atoms with van der Waals surface area (Å²) in [5.41, 5.74) is 1.21. The molecule has 1 unspecified atom stereocenters. The molecule has 1 saturated heterocycles. The minimum Gasteiger partial charge on any atom is -0.481 e. The highest BCUT2D eigenvalue weighted by Gasteiger charge is 2.24. The molecule has 1 aliphatic rings. The summed E-state index contributed by atoms with van der Waals surface area (Å²) in [6.07, 6.45) is 2.61. The highest BCUT2D eigenvalue weighted by molar-refractivity contribution is 5.94. The summed E-state index contributed by atoms with van der Waals surface area (Å²) in [6.45, 7) is 2.82. The van der Waals surface area contributed by atoms with Crippen LogP contribution >= 0.6 is 0 Å². The van der Waals surface area contributed by atoms with Gasteiger partial charge >= 0.3 is 5.97 Å². The van der Waals surface area contributed by atoms with Crippen molar-refractivity contribution >= 4 is 17.7 Å². The molecule has 2 aromatic rings. The standard InChI is InChI=1S/C23H25NO5/c1-16(25)18-5-9-20(10-6-18)29-21-11-7-19(8-12-21)23(28)24-14-2-3-17(15-24)4-13-22(26)27/h5-12,17H,2-4,13-15H2,1H3,(H,26,27). The van der Waals surface area contributed by atoms with Gasteiger partial charge in [0.2, 0.25) is 0 Å². The fourth-order valence-corrected chi connectivity index (χ4v) is 3.55. The van der Waals surface area contributed by atoms with Gasteiger partial charge in [-0.3, -0.25) is 14.4 Å². The molecule has 3 rings (SSSR count). The van der Waals surface area contributed by atoms with Crippen LogP contribution in [0.15, 0.2) is 48.5 Å². The van der Waals surface area contributed by atoms with Crippen molar-refractivity contribution in [1.82, 2.24) is 4.90 Å². The van der Waals surface area contributed by atoms with Crippen molar-refractivity contribution in [1.29, 1.82) is 0 Å². The highest BCUT2D eigenvalue weighted by Crippen LogP contribution is 2.25. The van der Waals surface area contributed by atoms with E-state index in [4.69, 9.17) is 9.84 Å². The van der Waals surface area contributed by atoms with Crippen molar-refractivity contribution in [2.75, 3.05) is 13.1 Å². The van der Waals surface area contributed by atoms with Gasteiger partial charge in [0.25, 0.3) is 5.91 Å². The predicted molar refractivity (Wildman–Crippen MR) is 108 cm³/mol. The van der Waals surface area contributed by atoms with Gasteiger partial charge in [0.15, 0.2) is 5.78 Å². The number of carboxylic acid groups (broad SMARTS) is 1. The van der Waals surface area contributed by atoms with Crippen LogP contribution in [0.25, 0.3) is 0 Å². The quantitative estimate of drug-likeness (QED) is 0.703. The van der Waals surface area contributed by atoms with Crippen LogP contribution < -0.4 is 4.74 Å². The number of hydrogen-bond donors (Lipinski definition) is 1. The smallest absolute Gasteiger partial charge is 0.303 e. The van der Waals surface area contributed by atoms with E-state index >= 15 is 0 Å². The van der Waals surface area contributed by atoms with Crippen LogP contribution in [0.4, 0.5) is 0 Å². The van der Waals surface area contributed by atoms with E-state index in [0.29, 0.717) is 42.1 Å². The third-order valence-electron chi connectivity index (χ3n) is 5.17. The monoisotopic (exact) mass is 395 g/mol. The summed E-state index contributed by atoms with van der Waals surface area (Å²) in [7, 11) is 0. The maximum Gasteiger partial charge on any atom is 0.303 e. The van der Waals surface area contributed by atoms with Crippen LogP contribution in [-0.2, 0) is 4.79 Å². The third kappa shape index (κ3) is 5.67. The van der Waals surface area contributed by atoms with Gasteiger partial charge in [-0.05, 0) is 80.6 Å². The van der Waals surface area contributed by atoms with E-state index in [1.807, 2.05) is 4.90 Å². The molecule has 0 radical (unpaired) electrons. The Balaban J connectivity index is 1.59. The lowest BCUT2D eigenvalue weighted by atomic mass is 9.93. The first-order valence-electron chi connectivity index (χ1n) is 9.82. The number of nitrogens with zero attached hydrogens (tertiary/aromatic N) is 1. The summed E-state index contributed by atoms with van der Waals surface area (Å²) >= 11 is 0. The number of carbonyl (C=O) groups excluding carboxylic acids is 2. The second-order valence-corrected chi connectivity index (χ2v) is 7.40. The lowest BCUT2D eigenvalue weighted by molar-refractivity contribution is -0.137. The molecular weight excluding hydrogens is 370 g/mol. The van der Waals surface area contributed by atoms with Gasteiger partial charge in [-0.25, -0.2) is 0 Å². The molecule has 1 fully saturated rings. The molecule has 6 nitrogen and oxygen atoms in total. The van der Waals surface area contributed by atoms with Gasteiger partial charge in [0.05, 0.1) is 0 Å². The third-order valence-corrected chi connectivity index (χ3v) is 5.17. The van der Waals surface area contributed by atoms with Gasteiger partial charge in [-0.2, -0.15) is 0 Å². The zero-order chi connectivity index (χ0) is 20.8. The fourth-order valence-electron chi connectivity index (χ4n) is 3.55. The first-order chi connectivity index (χ1) is 13.9. The Bertz CT molecular complexity index is 873. The number of likely N-dealkylation sites (tertiary alicyclic amines) is 1. The van der Waals surface area contributed by atoms with E-state index in [1.54, 1.807) is 48.5 Å². The molecule has 0 aromatic heterocycles. The van der Waals surface area contributed by atoms with Crippen molar-refractivity contribution in [3.8, 4) is 11.5 Å². The van der Waals surface area contributed by atoms with Crippen molar-refractivity contribution < 1.29 is 24.2 Å². The number of hydrogen-bond acceptors (Lipinski definition) is 4. The molecule has 29 heavy (non-hydrogen) atoms. The Morgan fingerprint density at radius 2 is 1.59 bits per heavy atom. The van der Waals surface area contributed by atoms with Crippen LogP contribution in [0.2, 0.25) is 0 Å². The molecule has 0 aliphatic carbocycles. The van der Waals surface area contributed by atoms with Crippen molar-refractivity contribution in [2.45, 2.75) is 32.6 Å². The molecular formula is C23H25NO5. The zero-order valence-electron chi connectivity index (χ0n) is 16.5. The summed E-state index contributed by atoms with van der Waals surface area (Å²) in [5.74, 6) is 0.635. The average molecular weight is 395 g/mol. The summed E-state index contributed by atoms with van der Waals surface area (Å²) in [6, 6.07) is 13.9. The number of piperidine rings is 1. The number of carboxylic acids is 1. The van der Waals surface area contributed by atoms with Gasteiger partial charge < -0.3 is 14.7 Å². The van der Waals surface area contributed by atoms with Crippen LogP contribution in [0.3, 0.4) is 0 Å². The number of ether oxygens (including phenoxy) is 1. The predicted octanol–water partition coefficient (Wildman–Crippen LogP) is 4.40. The molecule has 1 N–H and O–H groups in total. The van der Waals surface area contributed by atoms with Crippen molar-refractivity contribution in [3.05, 3.63) is 59.7 Å². The van der Waals surface area contributed by atoms with E-state index in [0.717, 1.165) is 12.8 Å². The van der Waals surface area contributed by atoms with Gasteiger partial charge in [0, 0.05) is 30.6 Å². The minimum atomic E-state index is -0.792. The molecule has 1 amide bonds. The van der Waals surface area contributed by atoms with E-state index < -0.39 is 5.97 Å². The largest absolute Gasteiger partial charge is 0.481 e. The minimum absolute atomic E-state index is 0.00215. The maximum atomic E-state index is 12.8. The molecule has 0 saturated carbocycles. The Morgan fingerprint density at radius 1 is 1.00 bits per heavy atom. The van der Waals surface area contributed by atoms with E-state index in [9.17, 15) is 14.4 Å². The van der Waals surface area contributed by atoms with Gasteiger partial charge in [-0.15, -0.1) is 0 Å². The summed E-state index contributed by atoms with van der Waals surface area (Å²) < 4.78 is 5.77. The Kier molecular flexibility index (Phi) is 6.65. The lowest BCUT2D eigenvalue weighted by Crippen LogP contribution is -2.40. The average Bonchev–Trinajstić information content (AvgIpc) is 2.73. The maximum absolute atomic E-state index is 12.8. The van der Waals surface area contributed by atoms with Crippen molar-refractivity contribution in [3.63, 3.8) is 0 Å². The Hall–Kier alpha value is -3.15. The topological polar surface area (TPSA) is 83.9 Å².